The first-order valence-electron chi connectivity index (χ1n) is 9.25. The molecule has 0 amide bonds. The molecule has 0 unspecified atom stereocenters. The Morgan fingerprint density at radius 3 is 2.86 bits per heavy atom. The zero-order chi connectivity index (χ0) is 19.3. The number of nitrogens with one attached hydrogen (secondary N) is 1. The number of aromatic nitrogens is 5. The van der Waals surface area contributed by atoms with Crippen LogP contribution in [0.3, 0.4) is 0 Å². The lowest BCUT2D eigenvalue weighted by atomic mass is 10.2. The van der Waals surface area contributed by atoms with Crippen molar-refractivity contribution < 1.29 is 9.53 Å². The first kappa shape index (κ1) is 17.9. The number of rotatable bonds is 7. The molecule has 0 aliphatic carbocycles. The van der Waals surface area contributed by atoms with Gasteiger partial charge in [-0.25, -0.2) is 4.68 Å². The van der Waals surface area contributed by atoms with E-state index in [1.54, 1.807) is 24.0 Å². The molecule has 0 spiro atoms. The van der Waals surface area contributed by atoms with Crippen LogP contribution in [0.15, 0.2) is 42.7 Å². The fourth-order valence-corrected chi connectivity index (χ4v) is 3.10. The highest BCUT2D eigenvalue weighted by molar-refractivity contribution is 5.70. The van der Waals surface area contributed by atoms with Gasteiger partial charge in [0.15, 0.2) is 0 Å². The molecular formula is C19H21N7O2. The van der Waals surface area contributed by atoms with Gasteiger partial charge in [0.25, 0.3) is 5.95 Å². The molecule has 0 fully saturated rings. The van der Waals surface area contributed by atoms with E-state index in [1.165, 1.54) is 5.56 Å². The SMILES string of the molecule is CCOC(=O)CCNc1nc(N2CCc3ccccc32)nc(-n2cccn2)n1. The summed E-state index contributed by atoms with van der Waals surface area (Å²) in [6.07, 6.45) is 4.62. The molecule has 4 rings (SSSR count). The van der Waals surface area contributed by atoms with Crippen LogP contribution in [0.2, 0.25) is 0 Å². The summed E-state index contributed by atoms with van der Waals surface area (Å²) in [4.78, 5) is 27.2. The second kappa shape index (κ2) is 8.03. The Morgan fingerprint density at radius 1 is 1.18 bits per heavy atom. The molecule has 0 atom stereocenters. The molecule has 1 aliphatic rings. The normalized spacial score (nSPS) is 12.7. The smallest absolute Gasteiger partial charge is 0.307 e. The third kappa shape index (κ3) is 3.78. The number of carbonyl (C=O) groups excluding carboxylic acids is 1. The van der Waals surface area contributed by atoms with Crippen LogP contribution in [0, 0.1) is 0 Å². The van der Waals surface area contributed by atoms with Gasteiger partial charge in [-0.3, -0.25) is 4.79 Å². The van der Waals surface area contributed by atoms with Crippen molar-refractivity contribution in [3.8, 4) is 5.95 Å². The summed E-state index contributed by atoms with van der Waals surface area (Å²) in [5, 5.41) is 7.31. The number of carbonyl (C=O) groups is 1. The Morgan fingerprint density at radius 2 is 2.04 bits per heavy atom. The van der Waals surface area contributed by atoms with Gasteiger partial charge < -0.3 is 15.0 Å². The number of para-hydroxylation sites is 1. The summed E-state index contributed by atoms with van der Waals surface area (Å²) in [6.45, 7) is 3.32. The fourth-order valence-electron chi connectivity index (χ4n) is 3.10. The summed E-state index contributed by atoms with van der Waals surface area (Å²) in [6, 6.07) is 10.0. The zero-order valence-corrected chi connectivity index (χ0v) is 15.6. The molecule has 28 heavy (non-hydrogen) atoms. The van der Waals surface area contributed by atoms with Crippen LogP contribution in [0.5, 0.6) is 0 Å². The van der Waals surface area contributed by atoms with E-state index in [9.17, 15) is 4.79 Å². The lowest BCUT2D eigenvalue weighted by Gasteiger charge is -2.18. The standard InChI is InChI=1S/C19H21N7O2/c1-2-28-16(27)8-11-20-17-22-18(24-19(23-17)26-12-5-10-21-26)25-13-9-14-6-3-4-7-15(14)25/h3-7,10,12H,2,8-9,11,13H2,1H3,(H,20,22,23,24). The van der Waals surface area contributed by atoms with Crippen LogP contribution in [-0.2, 0) is 16.0 Å². The molecule has 9 nitrogen and oxygen atoms in total. The molecule has 2 aromatic heterocycles. The molecule has 1 aromatic carbocycles. The number of benzene rings is 1. The molecule has 1 N–H and O–H groups in total. The molecule has 3 aromatic rings. The molecule has 0 radical (unpaired) electrons. The molecule has 0 saturated heterocycles. The number of hydrogen-bond acceptors (Lipinski definition) is 8. The van der Waals surface area contributed by atoms with Gasteiger partial charge in [-0.05, 0) is 31.0 Å². The highest BCUT2D eigenvalue weighted by Gasteiger charge is 2.23. The van der Waals surface area contributed by atoms with Crippen LogP contribution in [-0.4, -0.2) is 50.4 Å². The van der Waals surface area contributed by atoms with Gasteiger partial charge in [-0.15, -0.1) is 0 Å². The summed E-state index contributed by atoms with van der Waals surface area (Å²) in [7, 11) is 0. The Labute approximate surface area is 162 Å². The average molecular weight is 379 g/mol. The lowest BCUT2D eigenvalue weighted by Crippen LogP contribution is -2.20. The number of fused-ring (bicyclic) bond motifs is 1. The van der Waals surface area contributed by atoms with E-state index in [2.05, 4.69) is 42.4 Å². The van der Waals surface area contributed by atoms with Crippen molar-refractivity contribution in [2.75, 3.05) is 29.9 Å². The zero-order valence-electron chi connectivity index (χ0n) is 15.6. The first-order valence-corrected chi connectivity index (χ1v) is 9.25. The number of anilines is 3. The summed E-state index contributed by atoms with van der Waals surface area (Å²) < 4.78 is 6.54. The summed E-state index contributed by atoms with van der Waals surface area (Å²) in [5.74, 6) is 1.09. The van der Waals surface area contributed by atoms with Crippen molar-refractivity contribution >= 4 is 23.6 Å². The maximum Gasteiger partial charge on any atom is 0.307 e. The molecule has 0 saturated carbocycles. The van der Waals surface area contributed by atoms with Crippen molar-refractivity contribution in [1.29, 1.82) is 0 Å². The van der Waals surface area contributed by atoms with Crippen LogP contribution in [0.4, 0.5) is 17.6 Å². The molecule has 144 valence electrons. The highest BCUT2D eigenvalue weighted by Crippen LogP contribution is 2.32. The van der Waals surface area contributed by atoms with Crippen molar-refractivity contribution in [3.63, 3.8) is 0 Å². The molecule has 0 bridgehead atoms. The minimum absolute atomic E-state index is 0.235. The summed E-state index contributed by atoms with van der Waals surface area (Å²) >= 11 is 0. The maximum absolute atomic E-state index is 11.6. The minimum atomic E-state index is -0.259. The predicted octanol–water partition coefficient (Wildman–Crippen LogP) is 2.12. The number of hydrogen-bond donors (Lipinski definition) is 1. The second-order valence-corrected chi connectivity index (χ2v) is 6.22. The Balaban J connectivity index is 1.61. The van der Waals surface area contributed by atoms with Crippen LogP contribution in [0.1, 0.15) is 18.9 Å². The van der Waals surface area contributed by atoms with E-state index in [1.807, 2.05) is 18.2 Å². The van der Waals surface area contributed by atoms with Gasteiger partial charge in [0.05, 0.1) is 13.0 Å². The molecule has 9 heteroatoms. The molecule has 1 aliphatic heterocycles. The number of nitrogens with zero attached hydrogens (tertiary/aromatic N) is 6. The van der Waals surface area contributed by atoms with Crippen molar-refractivity contribution in [3.05, 3.63) is 48.3 Å². The Kier molecular flexibility index (Phi) is 5.14. The van der Waals surface area contributed by atoms with E-state index in [-0.39, 0.29) is 12.4 Å². The highest BCUT2D eigenvalue weighted by atomic mass is 16.5. The van der Waals surface area contributed by atoms with Gasteiger partial charge >= 0.3 is 5.97 Å². The largest absolute Gasteiger partial charge is 0.466 e. The average Bonchev–Trinajstić information content (AvgIpc) is 3.38. The van der Waals surface area contributed by atoms with Crippen molar-refractivity contribution in [2.24, 2.45) is 0 Å². The van der Waals surface area contributed by atoms with Crippen molar-refractivity contribution in [2.45, 2.75) is 19.8 Å². The third-order valence-corrected chi connectivity index (χ3v) is 4.37. The third-order valence-electron chi connectivity index (χ3n) is 4.37. The van der Waals surface area contributed by atoms with Gasteiger partial charge in [0.1, 0.15) is 0 Å². The van der Waals surface area contributed by atoms with Gasteiger partial charge in [0.2, 0.25) is 11.9 Å². The van der Waals surface area contributed by atoms with Crippen LogP contribution >= 0.6 is 0 Å². The number of esters is 1. The van der Waals surface area contributed by atoms with Gasteiger partial charge in [-0.2, -0.15) is 20.1 Å². The minimum Gasteiger partial charge on any atom is -0.466 e. The van der Waals surface area contributed by atoms with E-state index >= 15 is 0 Å². The predicted molar refractivity (Wildman–Crippen MR) is 104 cm³/mol. The first-order chi connectivity index (χ1) is 13.7. The van der Waals surface area contributed by atoms with E-state index in [0.29, 0.717) is 31.0 Å². The van der Waals surface area contributed by atoms with Crippen molar-refractivity contribution in [1.82, 2.24) is 24.7 Å². The van der Waals surface area contributed by atoms with Crippen LogP contribution in [0.25, 0.3) is 5.95 Å². The number of ether oxygens (including phenoxy) is 1. The molecule has 3 heterocycles. The Bertz CT molecular complexity index is 959. The fraction of sp³-hybridized carbons (Fsp3) is 0.316. The maximum atomic E-state index is 11.6. The molecular weight excluding hydrogens is 358 g/mol. The van der Waals surface area contributed by atoms with E-state index in [0.717, 1.165) is 18.7 Å². The lowest BCUT2D eigenvalue weighted by molar-refractivity contribution is -0.142. The van der Waals surface area contributed by atoms with E-state index < -0.39 is 0 Å². The van der Waals surface area contributed by atoms with Crippen LogP contribution < -0.4 is 10.2 Å². The monoisotopic (exact) mass is 379 g/mol. The van der Waals surface area contributed by atoms with Gasteiger partial charge in [0, 0.05) is 31.2 Å². The second-order valence-electron chi connectivity index (χ2n) is 6.22. The van der Waals surface area contributed by atoms with E-state index in [4.69, 9.17) is 4.74 Å². The quantitative estimate of drug-likeness (QED) is 0.624. The van der Waals surface area contributed by atoms with Gasteiger partial charge in [-0.1, -0.05) is 18.2 Å². The Hall–Kier alpha value is -3.49. The topological polar surface area (TPSA) is 98.1 Å². The summed E-state index contributed by atoms with van der Waals surface area (Å²) in [5.41, 5.74) is 2.36.